The van der Waals surface area contributed by atoms with Crippen LogP contribution >= 0.6 is 0 Å². The van der Waals surface area contributed by atoms with Gasteiger partial charge in [0, 0.05) is 11.6 Å². The van der Waals surface area contributed by atoms with Gasteiger partial charge in [-0.2, -0.15) is 5.26 Å². The zero-order valence-corrected chi connectivity index (χ0v) is 9.60. The SMILES string of the molecule is COc1ccc(C(O)C(C)C#N)c(OC)c1. The predicted molar refractivity (Wildman–Crippen MR) is 59.3 cm³/mol. The van der Waals surface area contributed by atoms with Gasteiger partial charge in [0.15, 0.2) is 0 Å². The number of hydrogen-bond acceptors (Lipinski definition) is 4. The molecule has 0 saturated heterocycles. The number of hydrogen-bond donors (Lipinski definition) is 1. The Morgan fingerprint density at radius 2 is 2.00 bits per heavy atom. The van der Waals surface area contributed by atoms with Crippen molar-refractivity contribution < 1.29 is 14.6 Å². The molecular formula is C12H15NO3. The lowest BCUT2D eigenvalue weighted by molar-refractivity contribution is 0.139. The third kappa shape index (κ3) is 2.44. The third-order valence-corrected chi connectivity index (χ3v) is 2.44. The lowest BCUT2D eigenvalue weighted by Crippen LogP contribution is -2.08. The van der Waals surface area contributed by atoms with E-state index >= 15 is 0 Å². The van der Waals surface area contributed by atoms with Gasteiger partial charge in [-0.05, 0) is 19.1 Å². The lowest BCUT2D eigenvalue weighted by atomic mass is 9.98. The van der Waals surface area contributed by atoms with Gasteiger partial charge in [0.1, 0.15) is 11.5 Å². The average Bonchev–Trinajstić information content (AvgIpc) is 2.35. The van der Waals surface area contributed by atoms with Gasteiger partial charge in [-0.25, -0.2) is 0 Å². The molecular weight excluding hydrogens is 206 g/mol. The maximum absolute atomic E-state index is 9.92. The summed E-state index contributed by atoms with van der Waals surface area (Å²) in [5.41, 5.74) is 0.595. The molecule has 0 fully saturated rings. The van der Waals surface area contributed by atoms with Crippen LogP contribution < -0.4 is 9.47 Å². The molecule has 1 rings (SSSR count). The molecule has 0 aliphatic rings. The molecule has 2 unspecified atom stereocenters. The first kappa shape index (κ1) is 12.3. The van der Waals surface area contributed by atoms with Crippen molar-refractivity contribution in [2.75, 3.05) is 14.2 Å². The van der Waals surface area contributed by atoms with E-state index < -0.39 is 12.0 Å². The molecule has 86 valence electrons. The molecule has 4 nitrogen and oxygen atoms in total. The van der Waals surface area contributed by atoms with Crippen LogP contribution in [0.1, 0.15) is 18.6 Å². The second kappa shape index (κ2) is 5.38. The Morgan fingerprint density at radius 1 is 1.31 bits per heavy atom. The molecule has 2 atom stereocenters. The minimum atomic E-state index is -0.856. The van der Waals surface area contributed by atoms with Crippen molar-refractivity contribution in [3.8, 4) is 17.6 Å². The molecule has 0 heterocycles. The Balaban J connectivity index is 3.09. The highest BCUT2D eigenvalue weighted by atomic mass is 16.5. The Hall–Kier alpha value is -1.73. The Morgan fingerprint density at radius 3 is 2.50 bits per heavy atom. The summed E-state index contributed by atoms with van der Waals surface area (Å²) in [6.07, 6.45) is -0.856. The molecule has 0 aliphatic heterocycles. The fourth-order valence-corrected chi connectivity index (χ4v) is 1.40. The maximum atomic E-state index is 9.92. The quantitative estimate of drug-likeness (QED) is 0.843. The van der Waals surface area contributed by atoms with Gasteiger partial charge in [-0.1, -0.05) is 0 Å². The molecule has 1 aromatic carbocycles. The molecule has 0 spiro atoms. The molecule has 16 heavy (non-hydrogen) atoms. The zero-order valence-electron chi connectivity index (χ0n) is 9.60. The first-order valence-electron chi connectivity index (χ1n) is 4.93. The largest absolute Gasteiger partial charge is 0.497 e. The third-order valence-electron chi connectivity index (χ3n) is 2.44. The van der Waals surface area contributed by atoms with Crippen molar-refractivity contribution in [1.29, 1.82) is 5.26 Å². The smallest absolute Gasteiger partial charge is 0.128 e. The summed E-state index contributed by atoms with van der Waals surface area (Å²) >= 11 is 0. The second-order valence-corrected chi connectivity index (χ2v) is 3.47. The summed E-state index contributed by atoms with van der Waals surface area (Å²) in [5, 5.41) is 18.7. The van der Waals surface area contributed by atoms with Gasteiger partial charge in [0.25, 0.3) is 0 Å². The van der Waals surface area contributed by atoms with Crippen molar-refractivity contribution >= 4 is 0 Å². The van der Waals surface area contributed by atoms with Crippen LogP contribution in [0.4, 0.5) is 0 Å². The molecule has 1 N–H and O–H groups in total. The maximum Gasteiger partial charge on any atom is 0.128 e. The lowest BCUT2D eigenvalue weighted by Gasteiger charge is -2.17. The van der Waals surface area contributed by atoms with E-state index in [0.717, 1.165) is 0 Å². The van der Waals surface area contributed by atoms with E-state index in [1.807, 2.05) is 6.07 Å². The molecule has 4 heteroatoms. The van der Waals surface area contributed by atoms with Gasteiger partial charge in [0.05, 0.1) is 32.3 Å². The van der Waals surface area contributed by atoms with E-state index in [1.54, 1.807) is 32.2 Å². The number of methoxy groups -OCH3 is 2. The highest BCUT2D eigenvalue weighted by Crippen LogP contribution is 2.32. The Labute approximate surface area is 95.0 Å². The van der Waals surface area contributed by atoms with E-state index in [4.69, 9.17) is 14.7 Å². The van der Waals surface area contributed by atoms with Crippen LogP contribution in [0.3, 0.4) is 0 Å². The molecule has 0 aliphatic carbocycles. The Kier molecular flexibility index (Phi) is 4.15. The molecule has 0 amide bonds. The number of aliphatic hydroxyl groups is 1. The number of nitrogens with zero attached hydrogens (tertiary/aromatic N) is 1. The van der Waals surface area contributed by atoms with Gasteiger partial charge in [-0.15, -0.1) is 0 Å². The van der Waals surface area contributed by atoms with Crippen LogP contribution in [-0.2, 0) is 0 Å². The van der Waals surface area contributed by atoms with Gasteiger partial charge in [0.2, 0.25) is 0 Å². The zero-order chi connectivity index (χ0) is 12.1. The van der Waals surface area contributed by atoms with Crippen molar-refractivity contribution in [2.45, 2.75) is 13.0 Å². The summed E-state index contributed by atoms with van der Waals surface area (Å²) in [7, 11) is 3.07. The second-order valence-electron chi connectivity index (χ2n) is 3.47. The van der Waals surface area contributed by atoms with Crippen LogP contribution in [0.5, 0.6) is 11.5 Å². The molecule has 1 aromatic rings. The minimum absolute atomic E-state index is 0.484. The van der Waals surface area contributed by atoms with Crippen molar-refractivity contribution in [1.82, 2.24) is 0 Å². The fraction of sp³-hybridized carbons (Fsp3) is 0.417. The molecule has 0 aromatic heterocycles. The number of aliphatic hydroxyl groups excluding tert-OH is 1. The first-order valence-corrected chi connectivity index (χ1v) is 4.93. The van der Waals surface area contributed by atoms with Crippen LogP contribution in [0, 0.1) is 17.2 Å². The average molecular weight is 221 g/mol. The molecule has 0 radical (unpaired) electrons. The first-order chi connectivity index (χ1) is 7.63. The molecule has 0 saturated carbocycles. The number of benzene rings is 1. The highest BCUT2D eigenvalue weighted by Gasteiger charge is 2.20. The van der Waals surface area contributed by atoms with Gasteiger partial charge >= 0.3 is 0 Å². The van der Waals surface area contributed by atoms with Crippen molar-refractivity contribution in [3.63, 3.8) is 0 Å². The fourth-order valence-electron chi connectivity index (χ4n) is 1.40. The van der Waals surface area contributed by atoms with E-state index in [-0.39, 0.29) is 0 Å². The summed E-state index contributed by atoms with van der Waals surface area (Å²) in [4.78, 5) is 0. The summed E-state index contributed by atoms with van der Waals surface area (Å²) < 4.78 is 10.2. The molecule has 0 bridgehead atoms. The van der Waals surface area contributed by atoms with Crippen LogP contribution in [0.2, 0.25) is 0 Å². The van der Waals surface area contributed by atoms with Crippen molar-refractivity contribution in [2.24, 2.45) is 5.92 Å². The van der Waals surface area contributed by atoms with E-state index in [2.05, 4.69) is 0 Å². The highest BCUT2D eigenvalue weighted by molar-refractivity contribution is 5.42. The predicted octanol–water partition coefficient (Wildman–Crippen LogP) is 1.90. The topological polar surface area (TPSA) is 62.5 Å². The van der Waals surface area contributed by atoms with Crippen molar-refractivity contribution in [3.05, 3.63) is 23.8 Å². The minimum Gasteiger partial charge on any atom is -0.497 e. The standard InChI is InChI=1S/C12H15NO3/c1-8(7-13)12(14)10-5-4-9(15-2)6-11(10)16-3/h4-6,8,12,14H,1-3H3. The Bertz CT molecular complexity index is 398. The van der Waals surface area contributed by atoms with E-state index in [0.29, 0.717) is 17.1 Å². The normalized spacial score (nSPS) is 13.7. The van der Waals surface area contributed by atoms with Crippen LogP contribution in [0.15, 0.2) is 18.2 Å². The summed E-state index contributed by atoms with van der Waals surface area (Å²) in [5.74, 6) is 0.689. The summed E-state index contributed by atoms with van der Waals surface area (Å²) in [6, 6.07) is 7.12. The van der Waals surface area contributed by atoms with Crippen LogP contribution in [0.25, 0.3) is 0 Å². The van der Waals surface area contributed by atoms with Gasteiger partial charge in [-0.3, -0.25) is 0 Å². The number of nitriles is 1. The summed E-state index contributed by atoms with van der Waals surface area (Å²) in [6.45, 7) is 1.66. The number of ether oxygens (including phenoxy) is 2. The van der Waals surface area contributed by atoms with Crippen LogP contribution in [-0.4, -0.2) is 19.3 Å². The van der Waals surface area contributed by atoms with E-state index in [9.17, 15) is 5.11 Å². The number of rotatable bonds is 4. The van der Waals surface area contributed by atoms with Gasteiger partial charge < -0.3 is 14.6 Å². The van der Waals surface area contributed by atoms with E-state index in [1.165, 1.54) is 7.11 Å². The monoisotopic (exact) mass is 221 g/mol.